The Morgan fingerprint density at radius 3 is 2.45 bits per heavy atom. The maximum Gasteiger partial charge on any atom is 0.145 e. The van der Waals surface area contributed by atoms with Gasteiger partial charge in [0.25, 0.3) is 0 Å². The molecule has 0 bridgehead atoms. The molecule has 0 radical (unpaired) electrons. The van der Waals surface area contributed by atoms with Crippen LogP contribution in [0.15, 0.2) is 29.4 Å². The summed E-state index contributed by atoms with van der Waals surface area (Å²) in [6.45, 7) is 2.56. The topological polar surface area (TPSA) is 54.1 Å². The molecular formula is C15H24N4O. The van der Waals surface area contributed by atoms with Gasteiger partial charge in [0.1, 0.15) is 6.10 Å². The summed E-state index contributed by atoms with van der Waals surface area (Å²) in [4.78, 5) is 9.69. The summed E-state index contributed by atoms with van der Waals surface area (Å²) in [6.07, 6.45) is 0.833. The maximum absolute atomic E-state index is 5.59. The van der Waals surface area contributed by atoms with Crippen LogP contribution in [-0.4, -0.2) is 57.5 Å². The fourth-order valence-corrected chi connectivity index (χ4v) is 2.11. The molecule has 20 heavy (non-hydrogen) atoms. The Morgan fingerprint density at radius 1 is 1.20 bits per heavy atom. The van der Waals surface area contributed by atoms with Crippen LogP contribution in [0.5, 0.6) is 0 Å². The number of nitrogens with two attached hydrogens (primary N) is 1. The molecule has 0 saturated heterocycles. The maximum atomic E-state index is 5.59. The number of benzene rings is 1. The van der Waals surface area contributed by atoms with Crippen LogP contribution in [0.4, 0.5) is 5.69 Å². The normalized spacial score (nSPS) is 18.1. The molecule has 1 heterocycles. The molecule has 1 aromatic carbocycles. The minimum atomic E-state index is 0.0347. The van der Waals surface area contributed by atoms with Crippen molar-refractivity contribution in [2.45, 2.75) is 12.5 Å². The molecule has 1 atom stereocenters. The van der Waals surface area contributed by atoms with Crippen LogP contribution < -0.4 is 10.6 Å². The van der Waals surface area contributed by atoms with E-state index in [1.54, 1.807) is 0 Å². The van der Waals surface area contributed by atoms with E-state index in [1.165, 1.54) is 5.69 Å². The van der Waals surface area contributed by atoms with Crippen LogP contribution in [0, 0.1) is 0 Å². The van der Waals surface area contributed by atoms with Gasteiger partial charge in [-0.15, -0.1) is 0 Å². The number of rotatable bonds is 6. The Kier molecular flexibility index (Phi) is 4.98. The lowest BCUT2D eigenvalue weighted by atomic mass is 10.0. The van der Waals surface area contributed by atoms with E-state index in [2.05, 4.69) is 60.4 Å². The van der Waals surface area contributed by atoms with E-state index in [-0.39, 0.29) is 6.10 Å². The monoisotopic (exact) mass is 276 g/mol. The smallest absolute Gasteiger partial charge is 0.145 e. The van der Waals surface area contributed by atoms with Crippen molar-refractivity contribution in [1.82, 2.24) is 4.90 Å². The third-order valence-electron chi connectivity index (χ3n) is 3.52. The number of hydrogen-bond acceptors (Lipinski definition) is 5. The predicted molar refractivity (Wildman–Crippen MR) is 83.3 cm³/mol. The standard InChI is InChI=1S/C15H24N4O/c1-18(2)8-9-19(3)13-6-4-12(5-7-13)15-10-14(11-16)20-17-15/h4-7,14H,8-11,16H2,1-3H3. The van der Waals surface area contributed by atoms with Gasteiger partial charge in [-0.2, -0.15) is 0 Å². The Labute approximate surface area is 121 Å². The van der Waals surface area contributed by atoms with Crippen LogP contribution in [0.3, 0.4) is 0 Å². The summed E-state index contributed by atoms with van der Waals surface area (Å²) in [7, 11) is 6.28. The van der Waals surface area contributed by atoms with Gasteiger partial charge in [-0.3, -0.25) is 0 Å². The molecule has 1 aromatic rings. The third kappa shape index (κ3) is 3.71. The molecular weight excluding hydrogens is 252 g/mol. The number of anilines is 1. The minimum Gasteiger partial charge on any atom is -0.390 e. The fraction of sp³-hybridized carbons (Fsp3) is 0.533. The van der Waals surface area contributed by atoms with Crippen LogP contribution in [0.2, 0.25) is 0 Å². The molecule has 0 aromatic heterocycles. The van der Waals surface area contributed by atoms with Gasteiger partial charge in [0.05, 0.1) is 5.71 Å². The second kappa shape index (κ2) is 6.72. The molecule has 5 heteroatoms. The zero-order valence-electron chi connectivity index (χ0n) is 12.5. The highest BCUT2D eigenvalue weighted by Gasteiger charge is 2.20. The largest absolute Gasteiger partial charge is 0.390 e. The van der Waals surface area contributed by atoms with E-state index in [9.17, 15) is 0 Å². The van der Waals surface area contributed by atoms with E-state index in [0.717, 1.165) is 30.8 Å². The fourth-order valence-electron chi connectivity index (χ4n) is 2.11. The highest BCUT2D eigenvalue weighted by molar-refractivity contribution is 6.01. The molecule has 0 fully saturated rings. The average molecular weight is 276 g/mol. The molecule has 0 aliphatic carbocycles. The number of nitrogens with zero attached hydrogens (tertiary/aromatic N) is 3. The molecule has 2 N–H and O–H groups in total. The highest BCUT2D eigenvalue weighted by Crippen LogP contribution is 2.19. The molecule has 2 rings (SSSR count). The average Bonchev–Trinajstić information content (AvgIpc) is 2.94. The van der Waals surface area contributed by atoms with E-state index in [4.69, 9.17) is 10.6 Å². The van der Waals surface area contributed by atoms with Crippen molar-refractivity contribution < 1.29 is 4.84 Å². The zero-order chi connectivity index (χ0) is 14.5. The molecule has 1 aliphatic rings. The lowest BCUT2D eigenvalue weighted by molar-refractivity contribution is 0.0918. The van der Waals surface area contributed by atoms with Crippen LogP contribution in [-0.2, 0) is 4.84 Å². The van der Waals surface area contributed by atoms with Crippen LogP contribution in [0.1, 0.15) is 12.0 Å². The van der Waals surface area contributed by atoms with Gasteiger partial charge >= 0.3 is 0 Å². The van der Waals surface area contributed by atoms with Crippen molar-refractivity contribution in [3.8, 4) is 0 Å². The summed E-state index contributed by atoms with van der Waals surface area (Å²) in [6, 6.07) is 8.46. The Hall–Kier alpha value is -1.59. The number of oxime groups is 1. The summed E-state index contributed by atoms with van der Waals surface area (Å²) in [5.41, 5.74) is 8.91. The molecule has 1 unspecified atom stereocenters. The third-order valence-corrected chi connectivity index (χ3v) is 3.52. The first-order valence-electron chi connectivity index (χ1n) is 6.99. The molecule has 110 valence electrons. The summed E-state index contributed by atoms with van der Waals surface area (Å²) < 4.78 is 0. The minimum absolute atomic E-state index is 0.0347. The predicted octanol–water partition coefficient (Wildman–Crippen LogP) is 1.14. The first kappa shape index (κ1) is 14.8. The molecule has 1 aliphatic heterocycles. The van der Waals surface area contributed by atoms with E-state index in [1.807, 2.05) is 0 Å². The van der Waals surface area contributed by atoms with Crippen LogP contribution in [0.25, 0.3) is 0 Å². The van der Waals surface area contributed by atoms with Crippen molar-refractivity contribution in [1.29, 1.82) is 0 Å². The SMILES string of the molecule is CN(C)CCN(C)c1ccc(C2=NOC(CN)C2)cc1. The van der Waals surface area contributed by atoms with Gasteiger partial charge in [-0.05, 0) is 31.8 Å². The van der Waals surface area contributed by atoms with Gasteiger partial charge in [0.2, 0.25) is 0 Å². The second-order valence-electron chi connectivity index (χ2n) is 5.48. The molecule has 5 nitrogen and oxygen atoms in total. The highest BCUT2D eigenvalue weighted by atomic mass is 16.6. The Morgan fingerprint density at radius 2 is 1.90 bits per heavy atom. The van der Waals surface area contributed by atoms with E-state index < -0.39 is 0 Å². The zero-order valence-corrected chi connectivity index (χ0v) is 12.5. The lowest BCUT2D eigenvalue weighted by Crippen LogP contribution is -2.28. The number of likely N-dealkylation sites (N-methyl/N-ethyl adjacent to an activating group) is 2. The summed E-state index contributed by atoms with van der Waals surface area (Å²) in [5, 5.41) is 4.11. The quantitative estimate of drug-likeness (QED) is 0.846. The van der Waals surface area contributed by atoms with Crippen molar-refractivity contribution in [2.24, 2.45) is 10.9 Å². The van der Waals surface area contributed by atoms with Gasteiger partial charge < -0.3 is 20.4 Å². The van der Waals surface area contributed by atoms with Crippen molar-refractivity contribution in [2.75, 3.05) is 45.7 Å². The lowest BCUT2D eigenvalue weighted by Gasteiger charge is -2.21. The van der Waals surface area contributed by atoms with Gasteiger partial charge in [0.15, 0.2) is 0 Å². The second-order valence-corrected chi connectivity index (χ2v) is 5.48. The van der Waals surface area contributed by atoms with Crippen molar-refractivity contribution >= 4 is 11.4 Å². The summed E-state index contributed by atoms with van der Waals surface area (Å²) in [5.74, 6) is 0. The Bertz CT molecular complexity index is 455. The first-order valence-corrected chi connectivity index (χ1v) is 6.99. The van der Waals surface area contributed by atoms with Gasteiger partial charge in [0, 0.05) is 38.8 Å². The molecule has 0 spiro atoms. The molecule has 0 saturated carbocycles. The Balaban J connectivity index is 1.96. The van der Waals surface area contributed by atoms with Crippen molar-refractivity contribution in [3.05, 3.63) is 29.8 Å². The van der Waals surface area contributed by atoms with Crippen molar-refractivity contribution in [3.63, 3.8) is 0 Å². The van der Waals surface area contributed by atoms with E-state index >= 15 is 0 Å². The summed E-state index contributed by atoms with van der Waals surface area (Å²) >= 11 is 0. The van der Waals surface area contributed by atoms with Crippen LogP contribution >= 0.6 is 0 Å². The molecule has 0 amide bonds. The van der Waals surface area contributed by atoms with Gasteiger partial charge in [-0.25, -0.2) is 0 Å². The number of hydrogen-bond donors (Lipinski definition) is 1. The van der Waals surface area contributed by atoms with Gasteiger partial charge in [-0.1, -0.05) is 17.3 Å². The van der Waals surface area contributed by atoms with E-state index in [0.29, 0.717) is 6.54 Å². The first-order chi connectivity index (χ1) is 9.60.